The van der Waals surface area contributed by atoms with Gasteiger partial charge < -0.3 is 10.2 Å². The van der Waals surface area contributed by atoms with E-state index in [9.17, 15) is 0 Å². The van der Waals surface area contributed by atoms with E-state index in [0.29, 0.717) is 5.82 Å². The Morgan fingerprint density at radius 1 is 1.32 bits per heavy atom. The van der Waals surface area contributed by atoms with Crippen molar-refractivity contribution < 1.29 is 0 Å². The summed E-state index contributed by atoms with van der Waals surface area (Å²) in [4.78, 5) is 10.2. The third-order valence-corrected chi connectivity index (χ3v) is 3.09. The van der Waals surface area contributed by atoms with Gasteiger partial charge in [0.1, 0.15) is 24.5 Å². The molecule has 0 aliphatic rings. The zero-order chi connectivity index (χ0) is 13.7. The number of rotatable bonds is 4. The van der Waals surface area contributed by atoms with Crippen LogP contribution in [-0.2, 0) is 0 Å². The van der Waals surface area contributed by atoms with Crippen molar-refractivity contribution in [3.63, 3.8) is 0 Å². The maximum absolute atomic E-state index is 8.54. The minimum atomic E-state index is 0.221. The molecule has 2 aromatic rings. The molecule has 19 heavy (non-hydrogen) atoms. The Morgan fingerprint density at radius 3 is 2.74 bits per heavy atom. The maximum Gasteiger partial charge on any atom is 0.138 e. The van der Waals surface area contributed by atoms with Gasteiger partial charge >= 0.3 is 0 Å². The smallest absolute Gasteiger partial charge is 0.138 e. The molecule has 0 saturated carbocycles. The zero-order valence-electron chi connectivity index (χ0n) is 10.3. The van der Waals surface area contributed by atoms with E-state index in [-0.39, 0.29) is 6.54 Å². The lowest BCUT2D eigenvalue weighted by atomic mass is 10.3. The summed E-state index contributed by atoms with van der Waals surface area (Å²) in [6.45, 7) is 0.221. The highest BCUT2D eigenvalue weighted by atomic mass is 79.9. The highest BCUT2D eigenvalue weighted by Crippen LogP contribution is 2.24. The molecule has 0 bridgehead atoms. The lowest BCUT2D eigenvalue weighted by Crippen LogP contribution is -2.12. The number of hydrogen-bond acceptors (Lipinski definition) is 5. The summed E-state index contributed by atoms with van der Waals surface area (Å²) in [7, 11) is 1.93. The van der Waals surface area contributed by atoms with Crippen LogP contribution in [0.25, 0.3) is 0 Å². The highest BCUT2D eigenvalue weighted by Gasteiger charge is 2.06. The molecule has 6 heteroatoms. The second-order valence-corrected chi connectivity index (χ2v) is 4.72. The Bertz CT molecular complexity index is 591. The van der Waals surface area contributed by atoms with E-state index in [2.05, 4.69) is 31.2 Å². The fraction of sp³-hybridized carbons (Fsp3) is 0.154. The zero-order valence-corrected chi connectivity index (χ0v) is 11.9. The van der Waals surface area contributed by atoms with E-state index < -0.39 is 0 Å². The van der Waals surface area contributed by atoms with E-state index in [0.717, 1.165) is 16.0 Å². The number of benzene rings is 1. The first kappa shape index (κ1) is 13.3. The number of nitriles is 1. The van der Waals surface area contributed by atoms with E-state index >= 15 is 0 Å². The molecule has 1 aromatic heterocycles. The fourth-order valence-corrected chi connectivity index (χ4v) is 1.82. The Morgan fingerprint density at radius 2 is 2.05 bits per heavy atom. The minimum absolute atomic E-state index is 0.221. The molecule has 0 aliphatic heterocycles. The van der Waals surface area contributed by atoms with Gasteiger partial charge in [0.15, 0.2) is 0 Å². The van der Waals surface area contributed by atoms with Gasteiger partial charge in [-0.2, -0.15) is 5.26 Å². The number of nitrogens with one attached hydrogen (secondary N) is 1. The van der Waals surface area contributed by atoms with Crippen LogP contribution in [0.15, 0.2) is 41.1 Å². The van der Waals surface area contributed by atoms with Gasteiger partial charge in [-0.3, -0.25) is 0 Å². The summed E-state index contributed by atoms with van der Waals surface area (Å²) in [6.07, 6.45) is 1.48. The predicted octanol–water partition coefficient (Wildman–Crippen LogP) is 2.94. The summed E-state index contributed by atoms with van der Waals surface area (Å²) < 4.78 is 1.03. The molecule has 1 N–H and O–H groups in total. The SMILES string of the molecule is CN(c1ccc(Br)cc1)c1cc(NCC#N)ncn1. The average molecular weight is 318 g/mol. The third kappa shape index (κ3) is 3.42. The van der Waals surface area contributed by atoms with Crippen LogP contribution in [0.1, 0.15) is 0 Å². The number of aromatic nitrogens is 2. The van der Waals surface area contributed by atoms with Crippen LogP contribution < -0.4 is 10.2 Å². The molecule has 0 spiro atoms. The van der Waals surface area contributed by atoms with Crippen LogP contribution in [0.2, 0.25) is 0 Å². The Balaban J connectivity index is 2.21. The van der Waals surface area contributed by atoms with Gasteiger partial charge in [0.05, 0.1) is 6.07 Å². The Labute approximate surface area is 120 Å². The van der Waals surface area contributed by atoms with Crippen molar-refractivity contribution in [1.82, 2.24) is 9.97 Å². The van der Waals surface area contributed by atoms with Crippen molar-refractivity contribution in [3.8, 4) is 6.07 Å². The molecule has 0 unspecified atom stereocenters. The molecule has 96 valence electrons. The second-order valence-electron chi connectivity index (χ2n) is 3.81. The molecule has 0 atom stereocenters. The van der Waals surface area contributed by atoms with Crippen LogP contribution in [0, 0.1) is 11.3 Å². The van der Waals surface area contributed by atoms with Gasteiger partial charge in [-0.1, -0.05) is 15.9 Å². The molecule has 0 saturated heterocycles. The first-order chi connectivity index (χ1) is 9.20. The first-order valence-corrected chi connectivity index (χ1v) is 6.42. The van der Waals surface area contributed by atoms with Crippen molar-refractivity contribution in [2.45, 2.75) is 0 Å². The normalized spacial score (nSPS) is 9.74. The summed E-state index contributed by atoms with van der Waals surface area (Å²) in [5.74, 6) is 1.40. The molecule has 5 nitrogen and oxygen atoms in total. The van der Waals surface area contributed by atoms with Crippen LogP contribution in [0.4, 0.5) is 17.3 Å². The molecule has 0 amide bonds. The Kier molecular flexibility index (Phi) is 4.31. The fourth-order valence-electron chi connectivity index (χ4n) is 1.55. The second kappa shape index (κ2) is 6.16. The van der Waals surface area contributed by atoms with Crippen molar-refractivity contribution >= 4 is 33.3 Å². The topological polar surface area (TPSA) is 64.8 Å². The summed E-state index contributed by atoms with van der Waals surface area (Å²) >= 11 is 3.41. The number of halogens is 1. The average Bonchev–Trinajstić information content (AvgIpc) is 2.45. The summed E-state index contributed by atoms with van der Waals surface area (Å²) in [5.41, 5.74) is 1.02. The van der Waals surface area contributed by atoms with Gasteiger partial charge in [-0.25, -0.2) is 9.97 Å². The maximum atomic E-state index is 8.54. The molecular formula is C13H12BrN5. The summed E-state index contributed by atoms with van der Waals surface area (Å²) in [5, 5.41) is 11.4. The number of nitrogens with zero attached hydrogens (tertiary/aromatic N) is 4. The van der Waals surface area contributed by atoms with E-state index in [4.69, 9.17) is 5.26 Å². The number of anilines is 3. The quantitative estimate of drug-likeness (QED) is 0.878. The van der Waals surface area contributed by atoms with Gasteiger partial charge in [0, 0.05) is 23.3 Å². The molecule has 1 heterocycles. The van der Waals surface area contributed by atoms with E-state index in [1.165, 1.54) is 6.33 Å². The van der Waals surface area contributed by atoms with Gasteiger partial charge in [-0.05, 0) is 24.3 Å². The molecule has 0 radical (unpaired) electrons. The van der Waals surface area contributed by atoms with Crippen LogP contribution in [-0.4, -0.2) is 23.6 Å². The van der Waals surface area contributed by atoms with Gasteiger partial charge in [-0.15, -0.1) is 0 Å². The van der Waals surface area contributed by atoms with Crippen molar-refractivity contribution in [2.24, 2.45) is 0 Å². The largest absolute Gasteiger partial charge is 0.357 e. The van der Waals surface area contributed by atoms with Crippen molar-refractivity contribution in [2.75, 3.05) is 23.8 Å². The predicted molar refractivity (Wildman–Crippen MR) is 78.3 cm³/mol. The molecule has 0 aliphatic carbocycles. The first-order valence-electron chi connectivity index (χ1n) is 5.63. The minimum Gasteiger partial charge on any atom is -0.357 e. The van der Waals surface area contributed by atoms with E-state index in [1.807, 2.05) is 42.3 Å². The van der Waals surface area contributed by atoms with E-state index in [1.54, 1.807) is 6.07 Å². The van der Waals surface area contributed by atoms with Gasteiger partial charge in [0.25, 0.3) is 0 Å². The standard InChI is InChI=1S/C13H12BrN5/c1-19(11-4-2-10(14)3-5-11)13-8-12(16-7-6-15)17-9-18-13/h2-5,8-9H,7H2,1H3,(H,16,17,18). The van der Waals surface area contributed by atoms with Crippen LogP contribution in [0.5, 0.6) is 0 Å². The lowest BCUT2D eigenvalue weighted by Gasteiger charge is -2.18. The highest BCUT2D eigenvalue weighted by molar-refractivity contribution is 9.10. The molecule has 1 aromatic carbocycles. The van der Waals surface area contributed by atoms with Crippen molar-refractivity contribution in [1.29, 1.82) is 5.26 Å². The van der Waals surface area contributed by atoms with Crippen molar-refractivity contribution in [3.05, 3.63) is 41.1 Å². The molecule has 0 fully saturated rings. The molecule has 2 rings (SSSR count). The van der Waals surface area contributed by atoms with Crippen LogP contribution in [0.3, 0.4) is 0 Å². The summed E-state index contributed by atoms with van der Waals surface area (Å²) in [6, 6.07) is 11.8. The third-order valence-electron chi connectivity index (χ3n) is 2.56. The Hall–Kier alpha value is -2.13. The molecular weight excluding hydrogens is 306 g/mol. The van der Waals surface area contributed by atoms with Gasteiger partial charge in [0.2, 0.25) is 0 Å². The monoisotopic (exact) mass is 317 g/mol. The number of hydrogen-bond donors (Lipinski definition) is 1. The lowest BCUT2D eigenvalue weighted by molar-refractivity contribution is 1.07. The van der Waals surface area contributed by atoms with Crippen LogP contribution >= 0.6 is 15.9 Å².